The lowest BCUT2D eigenvalue weighted by Gasteiger charge is -2.07. The zero-order valence-corrected chi connectivity index (χ0v) is 19.1. The maximum Gasteiger partial charge on any atom is 0.336 e. The monoisotopic (exact) mass is 462 g/mol. The van der Waals surface area contributed by atoms with Gasteiger partial charge in [0.2, 0.25) is 11.2 Å². The number of ether oxygens (including phenoxy) is 2. The van der Waals surface area contributed by atoms with E-state index in [2.05, 4.69) is 6.92 Å². The smallest absolute Gasteiger partial charge is 0.336 e. The van der Waals surface area contributed by atoms with Gasteiger partial charge in [0.15, 0.2) is 0 Å². The van der Waals surface area contributed by atoms with Crippen molar-refractivity contribution in [1.82, 2.24) is 0 Å². The first-order valence-electron chi connectivity index (χ1n) is 11.3. The molecule has 0 atom stereocenters. The third kappa shape index (κ3) is 4.84. The molecule has 5 aromatic rings. The maximum atomic E-state index is 12.9. The Morgan fingerprint density at radius 1 is 0.886 bits per heavy atom. The Kier molecular flexibility index (Phi) is 6.14. The number of benzene rings is 4. The molecule has 5 heteroatoms. The van der Waals surface area contributed by atoms with Crippen molar-refractivity contribution in [3.8, 4) is 17.2 Å². The van der Waals surface area contributed by atoms with Gasteiger partial charge in [0.1, 0.15) is 23.3 Å². The molecule has 0 spiro atoms. The van der Waals surface area contributed by atoms with Crippen LogP contribution < -0.4 is 14.9 Å². The van der Waals surface area contributed by atoms with Crippen molar-refractivity contribution >= 4 is 33.8 Å². The lowest BCUT2D eigenvalue weighted by atomic mass is 10.0. The van der Waals surface area contributed by atoms with Crippen molar-refractivity contribution in [1.29, 1.82) is 0 Å². The average Bonchev–Trinajstić information content (AvgIpc) is 2.89. The summed E-state index contributed by atoms with van der Waals surface area (Å²) in [5.41, 5.74) is 2.09. The highest BCUT2D eigenvalue weighted by atomic mass is 16.5. The minimum absolute atomic E-state index is 0.0875. The van der Waals surface area contributed by atoms with Crippen LogP contribution in [0.15, 0.2) is 106 Å². The summed E-state index contributed by atoms with van der Waals surface area (Å²) in [4.78, 5) is 25.3. The Balaban J connectivity index is 1.32. The second-order valence-corrected chi connectivity index (χ2v) is 8.01. The second-order valence-electron chi connectivity index (χ2n) is 8.01. The van der Waals surface area contributed by atoms with Crippen LogP contribution in [0.1, 0.15) is 18.1 Å². The molecule has 0 aliphatic carbocycles. The molecule has 0 aliphatic rings. The van der Waals surface area contributed by atoms with Crippen molar-refractivity contribution in [2.45, 2.75) is 13.3 Å². The van der Waals surface area contributed by atoms with Gasteiger partial charge in [-0.25, -0.2) is 4.79 Å². The van der Waals surface area contributed by atoms with Crippen LogP contribution in [-0.4, -0.2) is 5.97 Å². The van der Waals surface area contributed by atoms with Crippen molar-refractivity contribution in [2.75, 3.05) is 0 Å². The van der Waals surface area contributed by atoms with E-state index in [1.54, 1.807) is 18.2 Å². The normalized spacial score (nSPS) is 11.2. The summed E-state index contributed by atoms with van der Waals surface area (Å²) in [7, 11) is 0. The molecule has 0 N–H and O–H groups in total. The SMILES string of the molecule is CCc1ccc(Oc2coc3cc(OC(=O)/C=C/c4cccc5ccccc45)ccc3c2=O)cc1. The van der Waals surface area contributed by atoms with E-state index < -0.39 is 5.97 Å². The molecule has 0 amide bonds. The molecule has 0 radical (unpaired) electrons. The number of esters is 1. The average molecular weight is 463 g/mol. The Morgan fingerprint density at radius 2 is 1.66 bits per heavy atom. The largest absolute Gasteiger partial charge is 0.460 e. The molecule has 1 aromatic heterocycles. The minimum Gasteiger partial charge on any atom is -0.460 e. The second kappa shape index (κ2) is 9.69. The van der Waals surface area contributed by atoms with E-state index in [0.29, 0.717) is 16.7 Å². The van der Waals surface area contributed by atoms with Gasteiger partial charge < -0.3 is 13.9 Å². The van der Waals surface area contributed by atoms with Crippen molar-refractivity contribution < 1.29 is 18.7 Å². The summed E-state index contributed by atoms with van der Waals surface area (Å²) < 4.78 is 16.7. The van der Waals surface area contributed by atoms with Crippen LogP contribution in [-0.2, 0) is 11.2 Å². The molecule has 1 heterocycles. The fourth-order valence-electron chi connectivity index (χ4n) is 3.85. The van der Waals surface area contributed by atoms with Gasteiger partial charge in [-0.05, 0) is 58.7 Å². The Hall–Kier alpha value is -4.64. The molecule has 4 aromatic carbocycles. The molecule has 5 rings (SSSR count). The molecule has 172 valence electrons. The zero-order valence-electron chi connectivity index (χ0n) is 19.1. The standard InChI is InChI=1S/C30H22O5/c1-2-20-10-13-23(14-11-20)34-28-19-33-27-18-24(15-16-26(27)30(28)32)35-29(31)17-12-22-8-5-7-21-6-3-4-9-25(21)22/h3-19H,2H2,1H3/b17-12+. The van der Waals surface area contributed by atoms with Gasteiger partial charge in [0.05, 0.1) is 5.39 Å². The maximum absolute atomic E-state index is 12.9. The van der Waals surface area contributed by atoms with Crippen LogP contribution in [0.3, 0.4) is 0 Å². The molecule has 0 fully saturated rings. The molecule has 0 aliphatic heterocycles. The van der Waals surface area contributed by atoms with Gasteiger partial charge in [-0.1, -0.05) is 61.5 Å². The van der Waals surface area contributed by atoms with Crippen LogP contribution in [0.4, 0.5) is 0 Å². The first-order valence-corrected chi connectivity index (χ1v) is 11.3. The molecule has 0 saturated carbocycles. The van der Waals surface area contributed by atoms with Crippen LogP contribution in [0.25, 0.3) is 27.8 Å². The molecule has 5 nitrogen and oxygen atoms in total. The molecule has 0 bridgehead atoms. The van der Waals surface area contributed by atoms with Gasteiger partial charge >= 0.3 is 5.97 Å². The van der Waals surface area contributed by atoms with E-state index in [1.165, 1.54) is 24.0 Å². The molecular formula is C30H22O5. The summed E-state index contributed by atoms with van der Waals surface area (Å²) in [5.74, 6) is 0.383. The van der Waals surface area contributed by atoms with E-state index in [0.717, 1.165) is 22.8 Å². The summed E-state index contributed by atoms with van der Waals surface area (Å²) in [5, 5.41) is 2.47. The molecule has 35 heavy (non-hydrogen) atoms. The predicted octanol–water partition coefficient (Wildman–Crippen LogP) is 6.92. The van der Waals surface area contributed by atoms with Gasteiger partial charge in [-0.2, -0.15) is 0 Å². The van der Waals surface area contributed by atoms with Gasteiger partial charge in [0, 0.05) is 12.1 Å². The summed E-state index contributed by atoms with van der Waals surface area (Å²) in [6.45, 7) is 2.07. The van der Waals surface area contributed by atoms with E-state index in [1.807, 2.05) is 66.7 Å². The number of fused-ring (bicyclic) bond motifs is 2. The van der Waals surface area contributed by atoms with Crippen LogP contribution in [0.2, 0.25) is 0 Å². The van der Waals surface area contributed by atoms with E-state index in [9.17, 15) is 9.59 Å². The Morgan fingerprint density at radius 3 is 2.49 bits per heavy atom. The highest BCUT2D eigenvalue weighted by Gasteiger charge is 2.11. The van der Waals surface area contributed by atoms with Crippen molar-refractivity contribution in [2.24, 2.45) is 0 Å². The quantitative estimate of drug-likeness (QED) is 0.156. The van der Waals surface area contributed by atoms with E-state index in [-0.39, 0.29) is 16.9 Å². The number of aryl methyl sites for hydroxylation is 1. The number of carbonyl (C=O) groups is 1. The van der Waals surface area contributed by atoms with Gasteiger partial charge in [0.25, 0.3) is 0 Å². The van der Waals surface area contributed by atoms with Crippen molar-refractivity contribution in [3.05, 3.63) is 119 Å². The molecule has 0 unspecified atom stereocenters. The first-order chi connectivity index (χ1) is 17.1. The Bertz CT molecular complexity index is 1610. The summed E-state index contributed by atoms with van der Waals surface area (Å²) in [6, 6.07) is 26.0. The lowest BCUT2D eigenvalue weighted by Crippen LogP contribution is -2.06. The highest BCUT2D eigenvalue weighted by Crippen LogP contribution is 2.25. The Labute approximate surface area is 201 Å². The molecule has 0 saturated heterocycles. The number of rotatable bonds is 6. The van der Waals surface area contributed by atoms with Gasteiger partial charge in [-0.3, -0.25) is 4.79 Å². The summed E-state index contributed by atoms with van der Waals surface area (Å²) >= 11 is 0. The van der Waals surface area contributed by atoms with Gasteiger partial charge in [-0.15, -0.1) is 0 Å². The number of carbonyl (C=O) groups excluding carboxylic acids is 1. The fourth-order valence-corrected chi connectivity index (χ4v) is 3.85. The third-order valence-electron chi connectivity index (χ3n) is 5.71. The topological polar surface area (TPSA) is 65.7 Å². The van der Waals surface area contributed by atoms with Crippen LogP contribution >= 0.6 is 0 Å². The van der Waals surface area contributed by atoms with E-state index >= 15 is 0 Å². The number of hydrogen-bond donors (Lipinski definition) is 0. The van der Waals surface area contributed by atoms with Crippen LogP contribution in [0, 0.1) is 0 Å². The van der Waals surface area contributed by atoms with E-state index in [4.69, 9.17) is 13.9 Å². The van der Waals surface area contributed by atoms with Crippen molar-refractivity contribution in [3.63, 3.8) is 0 Å². The minimum atomic E-state index is -0.532. The first kappa shape index (κ1) is 22.2. The third-order valence-corrected chi connectivity index (χ3v) is 5.71. The lowest BCUT2D eigenvalue weighted by molar-refractivity contribution is -0.128. The zero-order chi connectivity index (χ0) is 24.2. The predicted molar refractivity (Wildman–Crippen MR) is 137 cm³/mol. The number of hydrogen-bond acceptors (Lipinski definition) is 5. The molecular weight excluding hydrogens is 440 g/mol. The highest BCUT2D eigenvalue weighted by molar-refractivity contribution is 5.95. The fraction of sp³-hybridized carbons (Fsp3) is 0.0667. The summed E-state index contributed by atoms with van der Waals surface area (Å²) in [6.07, 6.45) is 5.29. The van der Waals surface area contributed by atoms with Crippen LogP contribution in [0.5, 0.6) is 17.2 Å².